The largest absolute Gasteiger partial charge is 0.573 e. The van der Waals surface area contributed by atoms with Crippen molar-refractivity contribution < 1.29 is 31.4 Å². The van der Waals surface area contributed by atoms with Gasteiger partial charge >= 0.3 is 6.36 Å². The first kappa shape index (κ1) is 19.4. The van der Waals surface area contributed by atoms with E-state index in [4.69, 9.17) is 16.3 Å². The van der Waals surface area contributed by atoms with E-state index in [9.17, 15) is 22.0 Å². The zero-order chi connectivity index (χ0) is 21.0. The van der Waals surface area contributed by atoms with Crippen molar-refractivity contribution in [1.82, 2.24) is 19.8 Å². The molecule has 0 N–H and O–H groups in total. The van der Waals surface area contributed by atoms with Crippen molar-refractivity contribution in [2.75, 3.05) is 25.1 Å². The first-order valence-electron chi connectivity index (χ1n) is 8.07. The molecule has 1 aliphatic heterocycles. The fourth-order valence-corrected chi connectivity index (χ4v) is 3.21. The van der Waals surface area contributed by atoms with Gasteiger partial charge in [0, 0.05) is 12.6 Å². The van der Waals surface area contributed by atoms with E-state index in [1.807, 2.05) is 0 Å². The van der Waals surface area contributed by atoms with Crippen LogP contribution in [0.4, 0.5) is 27.6 Å². The van der Waals surface area contributed by atoms with Gasteiger partial charge in [0.05, 0.1) is 6.54 Å². The molecule has 0 saturated heterocycles. The van der Waals surface area contributed by atoms with Crippen LogP contribution in [0.3, 0.4) is 0 Å². The van der Waals surface area contributed by atoms with E-state index in [1.54, 1.807) is 0 Å². The number of aromatic nitrogens is 4. The molecule has 13 heteroatoms. The van der Waals surface area contributed by atoms with Crippen LogP contribution in [0.15, 0.2) is 24.3 Å². The van der Waals surface area contributed by atoms with Gasteiger partial charge in [0.2, 0.25) is 5.65 Å². The second-order valence-electron chi connectivity index (χ2n) is 6.30. The lowest BCUT2D eigenvalue weighted by Gasteiger charge is -2.20. The summed E-state index contributed by atoms with van der Waals surface area (Å²) in [5.74, 6) is -3.64. The fraction of sp³-hybridized carbons (Fsp3) is 0.312. The fourth-order valence-electron chi connectivity index (χ4n) is 2.99. The van der Waals surface area contributed by atoms with E-state index in [2.05, 4.69) is 20.0 Å². The number of hydrogen-bond donors (Lipinski definition) is 0. The van der Waals surface area contributed by atoms with Crippen LogP contribution < -0.4 is 14.4 Å². The van der Waals surface area contributed by atoms with E-state index < -0.39 is 31.2 Å². The van der Waals surface area contributed by atoms with Crippen LogP contribution in [0.25, 0.3) is 17.0 Å². The highest BCUT2D eigenvalue weighted by Crippen LogP contribution is 2.41. The van der Waals surface area contributed by atoms with E-state index in [0.717, 1.165) is 16.6 Å². The molecule has 1 aromatic carbocycles. The van der Waals surface area contributed by atoms with Crippen LogP contribution >= 0.6 is 11.6 Å². The Kier molecular flexibility index (Phi) is 4.41. The van der Waals surface area contributed by atoms with Gasteiger partial charge in [-0.05, 0) is 12.1 Å². The molecule has 0 radical (unpaired) electrons. The first-order valence-corrected chi connectivity index (χ1v) is 8.45. The van der Waals surface area contributed by atoms with Crippen molar-refractivity contribution >= 4 is 22.9 Å². The van der Waals surface area contributed by atoms with Crippen LogP contribution in [0, 0.1) is 0 Å². The third-order valence-electron chi connectivity index (χ3n) is 4.05. The molecule has 0 saturated carbocycles. The molecule has 0 amide bonds. The lowest BCUT2D eigenvalue weighted by molar-refractivity contribution is -0.274. The summed E-state index contributed by atoms with van der Waals surface area (Å²) in [6.45, 7) is -1.55. The van der Waals surface area contributed by atoms with Crippen LogP contribution in [0.2, 0.25) is 5.15 Å². The average molecular weight is 436 g/mol. The van der Waals surface area contributed by atoms with Gasteiger partial charge in [-0.1, -0.05) is 23.7 Å². The van der Waals surface area contributed by atoms with Crippen molar-refractivity contribution in [3.05, 3.63) is 29.4 Å². The highest BCUT2D eigenvalue weighted by atomic mass is 35.5. The molecule has 0 bridgehead atoms. The lowest BCUT2D eigenvalue weighted by Crippen LogP contribution is -2.36. The number of benzene rings is 1. The maximum atomic E-state index is 13.9. The molecule has 0 spiro atoms. The second kappa shape index (κ2) is 6.58. The molecule has 0 atom stereocenters. The van der Waals surface area contributed by atoms with E-state index in [-0.39, 0.29) is 33.6 Å². The number of halogens is 6. The standard InChI is InChI=1S/C16H11ClF5N5O2/c1-26-6-15(18,19)7-28-11-10(26)14-24-23-13(27(14)25-12(11)17)8-3-2-4-9(5-8)29-16(20,21)22/h2-5H,6-7H2,1H3. The second-order valence-corrected chi connectivity index (χ2v) is 6.66. The van der Waals surface area contributed by atoms with Crippen molar-refractivity contribution in [2.24, 2.45) is 0 Å². The van der Waals surface area contributed by atoms with Gasteiger partial charge < -0.3 is 14.4 Å². The van der Waals surface area contributed by atoms with E-state index in [0.29, 0.717) is 0 Å². The molecule has 0 unspecified atom stereocenters. The Labute approximate surface area is 164 Å². The number of hydrogen-bond acceptors (Lipinski definition) is 6. The highest BCUT2D eigenvalue weighted by Gasteiger charge is 2.38. The highest BCUT2D eigenvalue weighted by molar-refractivity contribution is 6.31. The average Bonchev–Trinajstić information content (AvgIpc) is 2.95. The van der Waals surface area contributed by atoms with Gasteiger partial charge in [-0.3, -0.25) is 0 Å². The molecule has 0 fully saturated rings. The normalized spacial score (nSPS) is 16.3. The molecule has 3 heterocycles. The van der Waals surface area contributed by atoms with Crippen LogP contribution in [0.5, 0.6) is 11.5 Å². The van der Waals surface area contributed by atoms with Gasteiger partial charge in [0.1, 0.15) is 11.4 Å². The monoisotopic (exact) mass is 435 g/mol. The van der Waals surface area contributed by atoms with Gasteiger partial charge in [-0.15, -0.1) is 28.5 Å². The number of nitrogens with zero attached hydrogens (tertiary/aromatic N) is 5. The zero-order valence-electron chi connectivity index (χ0n) is 14.5. The van der Waals surface area contributed by atoms with Crippen LogP contribution in [-0.4, -0.2) is 52.3 Å². The topological polar surface area (TPSA) is 64.8 Å². The minimum absolute atomic E-state index is 0.0433. The smallest absolute Gasteiger partial charge is 0.482 e. The van der Waals surface area contributed by atoms with Crippen molar-refractivity contribution in [1.29, 1.82) is 0 Å². The number of ether oxygens (including phenoxy) is 2. The first-order chi connectivity index (χ1) is 13.5. The predicted molar refractivity (Wildman–Crippen MR) is 91.6 cm³/mol. The summed E-state index contributed by atoms with van der Waals surface area (Å²) in [6.07, 6.45) is -4.87. The third kappa shape index (κ3) is 3.71. The predicted octanol–water partition coefficient (Wildman–Crippen LogP) is 3.81. The zero-order valence-corrected chi connectivity index (χ0v) is 15.3. The molecular weight excluding hydrogens is 425 g/mol. The summed E-state index contributed by atoms with van der Waals surface area (Å²) >= 11 is 6.13. The Bertz CT molecular complexity index is 1090. The van der Waals surface area contributed by atoms with E-state index in [1.165, 1.54) is 24.1 Å². The summed E-state index contributed by atoms with van der Waals surface area (Å²) in [4.78, 5) is 1.22. The molecule has 29 heavy (non-hydrogen) atoms. The van der Waals surface area contributed by atoms with Crippen LogP contribution in [-0.2, 0) is 0 Å². The number of rotatable bonds is 2. The molecule has 154 valence electrons. The molecule has 4 rings (SSSR count). The van der Waals surface area contributed by atoms with Crippen molar-refractivity contribution in [3.63, 3.8) is 0 Å². The maximum Gasteiger partial charge on any atom is 0.573 e. The van der Waals surface area contributed by atoms with Gasteiger partial charge in [0.15, 0.2) is 23.3 Å². The number of anilines is 1. The summed E-state index contributed by atoms with van der Waals surface area (Å²) in [6, 6.07) is 5.02. The Morgan fingerprint density at radius 3 is 2.72 bits per heavy atom. The van der Waals surface area contributed by atoms with Crippen molar-refractivity contribution in [3.8, 4) is 22.9 Å². The summed E-state index contributed by atoms with van der Waals surface area (Å²) in [7, 11) is 1.41. The number of alkyl halides is 5. The Balaban J connectivity index is 1.84. The summed E-state index contributed by atoms with van der Waals surface area (Å²) < 4.78 is 75.4. The molecule has 7 nitrogen and oxygen atoms in total. The molecule has 2 aromatic heterocycles. The minimum atomic E-state index is -4.87. The molecule has 0 aliphatic carbocycles. The number of fused-ring (bicyclic) bond motifs is 3. The SMILES string of the molecule is CN1CC(F)(F)COc2c(Cl)nn3c(-c4cccc(OC(F)(F)F)c4)nnc3c21. The van der Waals surface area contributed by atoms with Gasteiger partial charge in [-0.2, -0.15) is 4.52 Å². The lowest BCUT2D eigenvalue weighted by atomic mass is 10.2. The Morgan fingerprint density at radius 2 is 2.00 bits per heavy atom. The molecular formula is C16H11ClF5N5O2. The Morgan fingerprint density at radius 1 is 1.24 bits per heavy atom. The molecule has 3 aromatic rings. The van der Waals surface area contributed by atoms with Crippen LogP contribution in [0.1, 0.15) is 0 Å². The van der Waals surface area contributed by atoms with Crippen molar-refractivity contribution in [2.45, 2.75) is 12.3 Å². The maximum absolute atomic E-state index is 13.9. The van der Waals surface area contributed by atoms with Gasteiger partial charge in [-0.25, -0.2) is 8.78 Å². The third-order valence-corrected chi connectivity index (χ3v) is 4.29. The van der Waals surface area contributed by atoms with Gasteiger partial charge in [0.25, 0.3) is 5.92 Å². The quantitative estimate of drug-likeness (QED) is 0.570. The summed E-state index contributed by atoms with van der Waals surface area (Å²) in [5, 5.41) is 11.7. The van der Waals surface area contributed by atoms with E-state index >= 15 is 0 Å². The Hall–Kier alpha value is -2.89. The summed E-state index contributed by atoms with van der Waals surface area (Å²) in [5.41, 5.74) is 0.399. The minimum Gasteiger partial charge on any atom is -0.482 e. The molecule has 1 aliphatic rings.